The summed E-state index contributed by atoms with van der Waals surface area (Å²) in [5.41, 5.74) is -0.474. The zero-order chi connectivity index (χ0) is 21.0. The largest absolute Gasteiger partial charge is 0.508 e. The molecule has 0 amide bonds. The van der Waals surface area contributed by atoms with Crippen LogP contribution in [0.2, 0.25) is 0 Å². The molecule has 152 valence electrons. The Kier molecular flexibility index (Phi) is 5.93. The summed E-state index contributed by atoms with van der Waals surface area (Å²) in [6.07, 6.45) is 1.99. The summed E-state index contributed by atoms with van der Waals surface area (Å²) in [6.45, 7) is 2.70. The Labute approximate surface area is 168 Å². The van der Waals surface area contributed by atoms with Gasteiger partial charge in [0.15, 0.2) is 0 Å². The highest BCUT2D eigenvalue weighted by Gasteiger charge is 2.19. The average Bonchev–Trinajstić information content (AvgIpc) is 2.68. The van der Waals surface area contributed by atoms with E-state index in [1.165, 1.54) is 24.3 Å². The van der Waals surface area contributed by atoms with E-state index in [1.807, 2.05) is 6.07 Å². The molecule has 0 aliphatic rings. The van der Waals surface area contributed by atoms with Gasteiger partial charge in [-0.05, 0) is 59.7 Å². The van der Waals surface area contributed by atoms with Gasteiger partial charge in [-0.15, -0.1) is 0 Å². The van der Waals surface area contributed by atoms with Gasteiger partial charge >= 0.3 is 5.97 Å². The normalized spacial score (nSPS) is 11.3. The molecule has 3 aromatic carbocycles. The monoisotopic (exact) mass is 415 g/mol. The summed E-state index contributed by atoms with van der Waals surface area (Å²) >= 11 is 0. The van der Waals surface area contributed by atoms with Crippen LogP contribution in [0.4, 0.5) is 5.69 Å². The van der Waals surface area contributed by atoms with Crippen LogP contribution in [0.25, 0.3) is 10.8 Å². The number of fused-ring (bicyclic) bond motifs is 1. The zero-order valence-electron chi connectivity index (χ0n) is 15.8. The number of carboxylic acid groups (broad SMARTS) is 1. The number of sulfonamides is 1. The summed E-state index contributed by atoms with van der Waals surface area (Å²) in [5.74, 6) is -0.907. The highest BCUT2D eigenvalue weighted by Crippen LogP contribution is 2.27. The van der Waals surface area contributed by atoms with Crippen molar-refractivity contribution in [3.8, 4) is 11.5 Å². The number of benzene rings is 3. The Bertz CT molecular complexity index is 1160. The molecule has 0 aliphatic heterocycles. The number of carbonyl (C=O) groups is 1. The van der Waals surface area contributed by atoms with E-state index in [0.717, 1.165) is 30.0 Å². The number of aromatic hydroxyl groups is 1. The molecule has 0 aliphatic carbocycles. The number of ether oxygens (including phenoxy) is 1. The van der Waals surface area contributed by atoms with Crippen LogP contribution in [0.5, 0.6) is 11.5 Å². The molecule has 0 spiro atoms. The molecule has 3 aromatic rings. The lowest BCUT2D eigenvalue weighted by molar-refractivity contribution is 0.0697. The van der Waals surface area contributed by atoms with E-state index in [9.17, 15) is 23.4 Å². The van der Waals surface area contributed by atoms with Crippen molar-refractivity contribution in [3.63, 3.8) is 0 Å². The third-order valence-electron chi connectivity index (χ3n) is 4.34. The number of nitrogens with one attached hydrogen (secondary N) is 1. The molecule has 8 heteroatoms. The second kappa shape index (κ2) is 8.40. The molecule has 0 radical (unpaired) electrons. The Morgan fingerprint density at radius 1 is 1.03 bits per heavy atom. The quantitative estimate of drug-likeness (QED) is 0.375. The van der Waals surface area contributed by atoms with Crippen LogP contribution in [0.1, 0.15) is 30.1 Å². The number of carboxylic acids is 1. The van der Waals surface area contributed by atoms with Crippen molar-refractivity contribution in [2.24, 2.45) is 0 Å². The number of hydrogen-bond acceptors (Lipinski definition) is 5. The topological polar surface area (TPSA) is 113 Å². The fourth-order valence-electron chi connectivity index (χ4n) is 2.80. The van der Waals surface area contributed by atoms with Crippen molar-refractivity contribution in [1.82, 2.24) is 0 Å². The fourth-order valence-corrected chi connectivity index (χ4v) is 3.91. The van der Waals surface area contributed by atoms with E-state index in [4.69, 9.17) is 4.74 Å². The van der Waals surface area contributed by atoms with Gasteiger partial charge < -0.3 is 14.9 Å². The van der Waals surface area contributed by atoms with E-state index in [1.54, 1.807) is 18.2 Å². The highest BCUT2D eigenvalue weighted by atomic mass is 32.2. The van der Waals surface area contributed by atoms with E-state index < -0.39 is 16.0 Å². The van der Waals surface area contributed by atoms with Crippen LogP contribution >= 0.6 is 0 Å². The number of unbranched alkanes of at least 4 members (excludes halogenated alkanes) is 1. The average molecular weight is 415 g/mol. The smallest absolute Gasteiger partial charge is 0.337 e. The first kappa shape index (κ1) is 20.5. The van der Waals surface area contributed by atoms with Crippen LogP contribution in [0.15, 0.2) is 59.5 Å². The number of hydrogen-bond donors (Lipinski definition) is 3. The van der Waals surface area contributed by atoms with Crippen molar-refractivity contribution in [3.05, 3.63) is 60.2 Å². The van der Waals surface area contributed by atoms with Gasteiger partial charge in [-0.1, -0.05) is 25.5 Å². The second-order valence-electron chi connectivity index (χ2n) is 6.51. The predicted octanol–water partition coefficient (Wildman–Crippen LogP) is 4.22. The molecule has 29 heavy (non-hydrogen) atoms. The Hall–Kier alpha value is -3.26. The molecule has 0 aromatic heterocycles. The maximum atomic E-state index is 12.8. The predicted molar refractivity (Wildman–Crippen MR) is 110 cm³/mol. The van der Waals surface area contributed by atoms with Gasteiger partial charge in [0.1, 0.15) is 11.5 Å². The van der Waals surface area contributed by atoms with Crippen LogP contribution in [0.3, 0.4) is 0 Å². The third kappa shape index (κ3) is 4.78. The minimum Gasteiger partial charge on any atom is -0.508 e. The number of phenols is 1. The van der Waals surface area contributed by atoms with E-state index in [-0.39, 0.29) is 21.9 Å². The van der Waals surface area contributed by atoms with Gasteiger partial charge in [0, 0.05) is 0 Å². The fraction of sp³-hybridized carbons (Fsp3) is 0.190. The van der Waals surface area contributed by atoms with Gasteiger partial charge in [-0.25, -0.2) is 13.2 Å². The number of rotatable bonds is 8. The van der Waals surface area contributed by atoms with Gasteiger partial charge in [0.05, 0.1) is 22.8 Å². The summed E-state index contributed by atoms with van der Waals surface area (Å²) in [4.78, 5) is 11.3. The molecule has 3 N–H and O–H groups in total. The molecule has 0 atom stereocenters. The van der Waals surface area contributed by atoms with Crippen LogP contribution < -0.4 is 9.46 Å². The van der Waals surface area contributed by atoms with Crippen LogP contribution in [-0.2, 0) is 10.0 Å². The summed E-state index contributed by atoms with van der Waals surface area (Å²) in [7, 11) is -4.03. The Morgan fingerprint density at radius 3 is 2.48 bits per heavy atom. The molecular weight excluding hydrogens is 394 g/mol. The first-order valence-electron chi connectivity index (χ1n) is 9.06. The van der Waals surface area contributed by atoms with E-state index in [2.05, 4.69) is 11.6 Å². The standard InChI is InChI=1S/C21H21NO6S/c1-2-3-10-28-17-7-4-15-12-18(8-5-14(15)11-17)29(26,27)22-20-9-6-16(23)13-19(20)21(24)25/h4-9,11-13,22-23H,2-3,10H2,1H3,(H,24,25). The van der Waals surface area contributed by atoms with Crippen molar-refractivity contribution in [1.29, 1.82) is 0 Å². The maximum Gasteiger partial charge on any atom is 0.337 e. The number of anilines is 1. The van der Waals surface area contributed by atoms with Crippen molar-refractivity contribution >= 4 is 32.5 Å². The SMILES string of the molecule is CCCCOc1ccc2cc(S(=O)(=O)Nc3ccc(O)cc3C(=O)O)ccc2c1. The Morgan fingerprint density at radius 2 is 1.76 bits per heavy atom. The van der Waals surface area contributed by atoms with Crippen molar-refractivity contribution in [2.45, 2.75) is 24.7 Å². The molecule has 0 bridgehead atoms. The summed E-state index contributed by atoms with van der Waals surface area (Å²) in [5, 5.41) is 20.2. The molecule has 7 nitrogen and oxygen atoms in total. The summed E-state index contributed by atoms with van der Waals surface area (Å²) in [6, 6.07) is 13.4. The lowest BCUT2D eigenvalue weighted by Crippen LogP contribution is -2.15. The molecule has 0 saturated heterocycles. The molecule has 0 unspecified atom stereocenters. The first-order chi connectivity index (χ1) is 13.8. The van der Waals surface area contributed by atoms with Crippen molar-refractivity contribution in [2.75, 3.05) is 11.3 Å². The molecule has 0 saturated carbocycles. The number of aromatic carboxylic acids is 1. The van der Waals surface area contributed by atoms with Crippen LogP contribution in [-0.4, -0.2) is 31.2 Å². The lowest BCUT2D eigenvalue weighted by Gasteiger charge is -2.12. The molecule has 0 heterocycles. The van der Waals surface area contributed by atoms with E-state index in [0.29, 0.717) is 12.0 Å². The van der Waals surface area contributed by atoms with Crippen LogP contribution in [0, 0.1) is 0 Å². The number of phenolic OH excluding ortho intramolecular Hbond substituents is 1. The minimum absolute atomic E-state index is 0.00550. The first-order valence-corrected chi connectivity index (χ1v) is 10.5. The highest BCUT2D eigenvalue weighted by molar-refractivity contribution is 7.92. The van der Waals surface area contributed by atoms with Gasteiger partial charge in [-0.3, -0.25) is 4.72 Å². The van der Waals surface area contributed by atoms with Gasteiger partial charge in [-0.2, -0.15) is 0 Å². The van der Waals surface area contributed by atoms with Gasteiger partial charge in [0.2, 0.25) is 0 Å². The van der Waals surface area contributed by atoms with E-state index >= 15 is 0 Å². The lowest BCUT2D eigenvalue weighted by atomic mass is 10.1. The molecular formula is C21H21NO6S. The molecule has 3 rings (SSSR count). The minimum atomic E-state index is -4.03. The zero-order valence-corrected chi connectivity index (χ0v) is 16.6. The Balaban J connectivity index is 1.89. The van der Waals surface area contributed by atoms with Gasteiger partial charge in [0.25, 0.3) is 10.0 Å². The third-order valence-corrected chi connectivity index (χ3v) is 5.70. The maximum absolute atomic E-state index is 12.8. The second-order valence-corrected chi connectivity index (χ2v) is 8.20. The van der Waals surface area contributed by atoms with Crippen molar-refractivity contribution < 1.29 is 28.2 Å². The molecule has 0 fully saturated rings. The summed E-state index contributed by atoms with van der Waals surface area (Å²) < 4.78 is 33.5.